The van der Waals surface area contributed by atoms with Crippen molar-refractivity contribution in [2.24, 2.45) is 11.3 Å². The van der Waals surface area contributed by atoms with Crippen LogP contribution in [0.15, 0.2) is 0 Å². The quantitative estimate of drug-likeness (QED) is 0.829. The Bertz CT molecular complexity index is 418. The lowest BCUT2D eigenvalue weighted by molar-refractivity contribution is 0.0342. The number of sulfone groups is 1. The fraction of sp³-hybridized carbons (Fsp3) is 1.00. The Morgan fingerprint density at radius 2 is 2.11 bits per heavy atom. The molecule has 3 aliphatic rings. The van der Waals surface area contributed by atoms with Crippen LogP contribution in [0.4, 0.5) is 0 Å². The Hall–Kier alpha value is -0.130. The molecule has 1 aliphatic carbocycles. The second kappa shape index (κ2) is 4.46. The van der Waals surface area contributed by atoms with Gasteiger partial charge in [-0.25, -0.2) is 8.42 Å². The fourth-order valence-corrected chi connectivity index (χ4v) is 5.50. The number of nitrogens with one attached hydrogen (secondary N) is 1. The maximum Gasteiger partial charge on any atom is 0.150 e. The largest absolute Gasteiger partial charge is 0.378 e. The van der Waals surface area contributed by atoms with Gasteiger partial charge in [-0.15, -0.1) is 0 Å². The molecule has 2 aliphatic heterocycles. The molecule has 104 valence electrons. The van der Waals surface area contributed by atoms with Crippen molar-refractivity contribution in [2.75, 3.05) is 24.7 Å². The fourth-order valence-electron chi connectivity index (χ4n) is 3.58. The number of hydrogen-bond acceptors (Lipinski definition) is 4. The van der Waals surface area contributed by atoms with Crippen LogP contribution in [0.2, 0.25) is 0 Å². The second-order valence-corrected chi connectivity index (χ2v) is 8.48. The summed E-state index contributed by atoms with van der Waals surface area (Å²) in [6.07, 6.45) is 4.56. The average molecular weight is 273 g/mol. The van der Waals surface area contributed by atoms with Gasteiger partial charge in [0.15, 0.2) is 9.84 Å². The van der Waals surface area contributed by atoms with Gasteiger partial charge in [0.25, 0.3) is 0 Å². The first-order chi connectivity index (χ1) is 8.52. The molecule has 3 atom stereocenters. The zero-order chi connectivity index (χ0) is 12.8. The number of ether oxygens (including phenoxy) is 1. The summed E-state index contributed by atoms with van der Waals surface area (Å²) in [5, 5.41) is 3.60. The summed E-state index contributed by atoms with van der Waals surface area (Å²) in [5.74, 6) is 1.02. The molecule has 0 bridgehead atoms. The molecule has 0 amide bonds. The van der Waals surface area contributed by atoms with Gasteiger partial charge in [-0.1, -0.05) is 0 Å². The lowest BCUT2D eigenvalue weighted by atomic mass is 9.70. The van der Waals surface area contributed by atoms with Gasteiger partial charge in [-0.05, 0) is 38.5 Å². The third-order valence-corrected chi connectivity index (χ3v) is 6.86. The highest BCUT2D eigenvalue weighted by atomic mass is 32.2. The smallest absolute Gasteiger partial charge is 0.150 e. The highest BCUT2D eigenvalue weighted by molar-refractivity contribution is 7.91. The van der Waals surface area contributed by atoms with Crippen molar-refractivity contribution in [2.45, 2.75) is 44.8 Å². The molecule has 0 aromatic carbocycles. The Morgan fingerprint density at radius 3 is 2.61 bits per heavy atom. The van der Waals surface area contributed by atoms with Crippen LogP contribution < -0.4 is 5.32 Å². The van der Waals surface area contributed by atoms with E-state index in [1.807, 2.05) is 0 Å². The van der Waals surface area contributed by atoms with Crippen LogP contribution in [0.5, 0.6) is 0 Å². The highest BCUT2D eigenvalue weighted by Crippen LogP contribution is 2.46. The first kappa shape index (κ1) is 12.9. The summed E-state index contributed by atoms with van der Waals surface area (Å²) in [4.78, 5) is 0. The van der Waals surface area contributed by atoms with Gasteiger partial charge in [0.05, 0.1) is 17.6 Å². The first-order valence-electron chi connectivity index (χ1n) is 7.07. The molecule has 18 heavy (non-hydrogen) atoms. The first-order valence-corrected chi connectivity index (χ1v) is 8.89. The summed E-state index contributed by atoms with van der Waals surface area (Å²) < 4.78 is 29.2. The van der Waals surface area contributed by atoms with Gasteiger partial charge in [0.2, 0.25) is 0 Å². The van der Waals surface area contributed by atoms with Crippen LogP contribution in [0, 0.1) is 11.3 Å². The van der Waals surface area contributed by atoms with Crippen molar-refractivity contribution in [3.63, 3.8) is 0 Å². The topological polar surface area (TPSA) is 55.4 Å². The summed E-state index contributed by atoms with van der Waals surface area (Å²) in [6, 6.07) is 0.674. The molecule has 2 saturated heterocycles. The Kier molecular flexibility index (Phi) is 3.19. The molecule has 1 N–H and O–H groups in total. The summed E-state index contributed by atoms with van der Waals surface area (Å²) >= 11 is 0. The number of hydrogen-bond donors (Lipinski definition) is 1. The molecule has 0 spiro atoms. The molecule has 3 unspecified atom stereocenters. The summed E-state index contributed by atoms with van der Waals surface area (Å²) in [7, 11) is -2.80. The standard InChI is InChI=1S/C13H23NO3S/c1-10-13(5-6-17-10,9-14-12-2-3-12)11-4-7-18(15,16)8-11/h10-12,14H,2-9H2,1H3. The van der Waals surface area contributed by atoms with Crippen molar-refractivity contribution in [3.8, 4) is 0 Å². The SMILES string of the molecule is CC1OCCC1(CNC1CC1)C1CCS(=O)(=O)C1. The zero-order valence-electron chi connectivity index (χ0n) is 11.0. The van der Waals surface area contributed by atoms with Gasteiger partial charge in [0.1, 0.15) is 0 Å². The van der Waals surface area contributed by atoms with E-state index in [0.717, 1.165) is 26.0 Å². The molecular formula is C13H23NO3S. The lowest BCUT2D eigenvalue weighted by Crippen LogP contribution is -2.46. The van der Waals surface area contributed by atoms with Crippen molar-refractivity contribution in [1.29, 1.82) is 0 Å². The van der Waals surface area contributed by atoms with Crippen molar-refractivity contribution in [1.82, 2.24) is 5.32 Å². The van der Waals surface area contributed by atoms with E-state index in [1.165, 1.54) is 12.8 Å². The van der Waals surface area contributed by atoms with E-state index in [4.69, 9.17) is 4.74 Å². The lowest BCUT2D eigenvalue weighted by Gasteiger charge is -2.38. The summed E-state index contributed by atoms with van der Waals surface area (Å²) in [6.45, 7) is 3.83. The van der Waals surface area contributed by atoms with Crippen molar-refractivity contribution < 1.29 is 13.2 Å². The predicted molar refractivity (Wildman–Crippen MR) is 70.2 cm³/mol. The molecule has 0 aromatic heterocycles. The van der Waals surface area contributed by atoms with Crippen LogP contribution >= 0.6 is 0 Å². The van der Waals surface area contributed by atoms with Crippen LogP contribution in [-0.2, 0) is 14.6 Å². The minimum Gasteiger partial charge on any atom is -0.378 e. The number of rotatable bonds is 4. The summed E-state index contributed by atoms with van der Waals surface area (Å²) in [5.41, 5.74) is 0.0478. The molecule has 5 heteroatoms. The van der Waals surface area contributed by atoms with Crippen LogP contribution in [0.1, 0.15) is 32.6 Å². The molecule has 3 rings (SSSR count). The van der Waals surface area contributed by atoms with Crippen molar-refractivity contribution >= 4 is 9.84 Å². The van der Waals surface area contributed by atoms with Crippen LogP contribution in [0.3, 0.4) is 0 Å². The van der Waals surface area contributed by atoms with E-state index in [1.54, 1.807) is 0 Å². The zero-order valence-corrected chi connectivity index (χ0v) is 11.8. The van der Waals surface area contributed by atoms with E-state index in [0.29, 0.717) is 17.5 Å². The monoisotopic (exact) mass is 273 g/mol. The highest BCUT2D eigenvalue weighted by Gasteiger charge is 2.51. The third-order valence-electron chi connectivity index (χ3n) is 5.09. The molecular weight excluding hydrogens is 250 g/mol. The molecule has 2 heterocycles. The maximum atomic E-state index is 11.7. The van der Waals surface area contributed by atoms with Gasteiger partial charge in [-0.2, -0.15) is 0 Å². The second-order valence-electron chi connectivity index (χ2n) is 6.25. The van der Waals surface area contributed by atoms with E-state index < -0.39 is 9.84 Å². The van der Waals surface area contributed by atoms with E-state index in [-0.39, 0.29) is 17.4 Å². The van der Waals surface area contributed by atoms with E-state index >= 15 is 0 Å². The molecule has 0 aromatic rings. The van der Waals surface area contributed by atoms with Gasteiger partial charge in [-0.3, -0.25) is 0 Å². The van der Waals surface area contributed by atoms with Gasteiger partial charge >= 0.3 is 0 Å². The molecule has 4 nitrogen and oxygen atoms in total. The van der Waals surface area contributed by atoms with Crippen molar-refractivity contribution in [3.05, 3.63) is 0 Å². The Labute approximate surface area is 109 Å². The molecule has 3 fully saturated rings. The maximum absolute atomic E-state index is 11.7. The minimum absolute atomic E-state index is 0.0478. The van der Waals surface area contributed by atoms with Crippen LogP contribution in [-0.4, -0.2) is 45.2 Å². The van der Waals surface area contributed by atoms with Gasteiger partial charge in [0, 0.05) is 24.6 Å². The normalized spacial score (nSPS) is 43.4. The predicted octanol–water partition coefficient (Wildman–Crippen LogP) is 0.968. The minimum atomic E-state index is -2.80. The third kappa shape index (κ3) is 2.32. The van der Waals surface area contributed by atoms with E-state index in [9.17, 15) is 8.42 Å². The van der Waals surface area contributed by atoms with Gasteiger partial charge < -0.3 is 10.1 Å². The Morgan fingerprint density at radius 1 is 1.33 bits per heavy atom. The Balaban J connectivity index is 1.76. The average Bonchev–Trinajstić information content (AvgIpc) is 2.97. The molecule has 1 saturated carbocycles. The van der Waals surface area contributed by atoms with Crippen LogP contribution in [0.25, 0.3) is 0 Å². The molecule has 0 radical (unpaired) electrons. The van der Waals surface area contributed by atoms with E-state index in [2.05, 4.69) is 12.2 Å².